The van der Waals surface area contributed by atoms with E-state index in [9.17, 15) is 0 Å². The van der Waals surface area contributed by atoms with E-state index in [1.54, 1.807) is 6.20 Å². The zero-order valence-electron chi connectivity index (χ0n) is 8.46. The molecule has 0 spiro atoms. The van der Waals surface area contributed by atoms with Gasteiger partial charge in [0.1, 0.15) is 5.75 Å². The molecule has 78 valence electrons. The summed E-state index contributed by atoms with van der Waals surface area (Å²) in [4.78, 5) is 4.09. The Labute approximate surface area is 97.1 Å². The average Bonchev–Trinajstić information content (AvgIpc) is 2.82. The molecule has 16 heavy (non-hydrogen) atoms. The molecule has 2 nitrogen and oxygen atoms in total. The van der Waals surface area contributed by atoms with E-state index in [-0.39, 0.29) is 0 Å². The standard InChI is InChI=1S/C13H9NOS/c1-2-4-11-9-12(6-5-10(11)3-1)15-13-14-7-8-16-13/h1-9H. The molecular weight excluding hydrogens is 218 g/mol. The van der Waals surface area contributed by atoms with Gasteiger partial charge in [0.2, 0.25) is 0 Å². The van der Waals surface area contributed by atoms with Crippen molar-refractivity contribution in [1.82, 2.24) is 4.98 Å². The van der Waals surface area contributed by atoms with Gasteiger partial charge in [0.25, 0.3) is 5.19 Å². The van der Waals surface area contributed by atoms with Crippen molar-refractivity contribution in [3.05, 3.63) is 54.0 Å². The summed E-state index contributed by atoms with van der Waals surface area (Å²) in [5.74, 6) is 0.827. The van der Waals surface area contributed by atoms with Crippen molar-refractivity contribution in [2.24, 2.45) is 0 Å². The van der Waals surface area contributed by atoms with E-state index >= 15 is 0 Å². The average molecular weight is 227 g/mol. The molecule has 0 amide bonds. The highest BCUT2D eigenvalue weighted by Gasteiger charge is 2.00. The number of aromatic nitrogens is 1. The normalized spacial score (nSPS) is 10.5. The van der Waals surface area contributed by atoms with Gasteiger partial charge >= 0.3 is 0 Å². The predicted octanol–water partition coefficient (Wildman–Crippen LogP) is 4.09. The van der Waals surface area contributed by atoms with E-state index in [2.05, 4.69) is 23.2 Å². The Morgan fingerprint density at radius 2 is 1.88 bits per heavy atom. The van der Waals surface area contributed by atoms with Crippen molar-refractivity contribution in [2.45, 2.75) is 0 Å². The smallest absolute Gasteiger partial charge is 0.278 e. The molecule has 0 unspecified atom stereocenters. The Bertz CT molecular complexity index is 604. The predicted molar refractivity (Wildman–Crippen MR) is 66.1 cm³/mol. The Hall–Kier alpha value is -1.87. The number of fused-ring (bicyclic) bond motifs is 1. The third kappa shape index (κ3) is 1.77. The molecule has 0 radical (unpaired) electrons. The number of thiazole rings is 1. The van der Waals surface area contributed by atoms with Crippen LogP contribution in [-0.2, 0) is 0 Å². The maximum atomic E-state index is 5.63. The van der Waals surface area contributed by atoms with Crippen molar-refractivity contribution in [3.8, 4) is 10.9 Å². The molecular formula is C13H9NOS. The van der Waals surface area contributed by atoms with Crippen LogP contribution in [0.25, 0.3) is 10.8 Å². The highest BCUT2D eigenvalue weighted by Crippen LogP contribution is 2.26. The van der Waals surface area contributed by atoms with Crippen LogP contribution < -0.4 is 4.74 Å². The fraction of sp³-hybridized carbons (Fsp3) is 0. The monoisotopic (exact) mass is 227 g/mol. The first-order valence-corrected chi connectivity index (χ1v) is 5.86. The molecule has 1 aromatic heterocycles. The lowest BCUT2D eigenvalue weighted by molar-refractivity contribution is 0.479. The van der Waals surface area contributed by atoms with Crippen LogP contribution in [0.2, 0.25) is 0 Å². The molecule has 1 heterocycles. The Morgan fingerprint density at radius 3 is 2.69 bits per heavy atom. The van der Waals surface area contributed by atoms with E-state index in [4.69, 9.17) is 4.74 Å². The minimum absolute atomic E-state index is 0.676. The Kier molecular flexibility index (Phi) is 2.31. The third-order valence-corrected chi connectivity index (χ3v) is 2.98. The van der Waals surface area contributed by atoms with Crippen LogP contribution in [0, 0.1) is 0 Å². The van der Waals surface area contributed by atoms with Gasteiger partial charge < -0.3 is 4.74 Å². The molecule has 0 aliphatic carbocycles. The van der Waals surface area contributed by atoms with Crippen molar-refractivity contribution < 1.29 is 4.74 Å². The largest absolute Gasteiger partial charge is 0.431 e. The molecule has 0 fully saturated rings. The van der Waals surface area contributed by atoms with E-state index in [0.29, 0.717) is 5.19 Å². The summed E-state index contributed by atoms with van der Waals surface area (Å²) in [6.07, 6.45) is 1.74. The maximum Gasteiger partial charge on any atom is 0.278 e. The van der Waals surface area contributed by atoms with E-state index in [0.717, 1.165) is 5.75 Å². The number of ether oxygens (including phenoxy) is 1. The number of benzene rings is 2. The summed E-state index contributed by atoms with van der Waals surface area (Å²) in [5, 5.41) is 4.97. The quantitative estimate of drug-likeness (QED) is 0.658. The molecule has 0 aliphatic rings. The number of hydrogen-bond acceptors (Lipinski definition) is 3. The summed E-state index contributed by atoms with van der Waals surface area (Å²) >= 11 is 1.49. The Balaban J connectivity index is 1.99. The van der Waals surface area contributed by atoms with Gasteiger partial charge in [0, 0.05) is 11.6 Å². The zero-order chi connectivity index (χ0) is 10.8. The molecule has 0 aliphatic heterocycles. The van der Waals surface area contributed by atoms with Gasteiger partial charge in [-0.3, -0.25) is 0 Å². The lowest BCUT2D eigenvalue weighted by Crippen LogP contribution is -1.82. The number of nitrogens with zero attached hydrogens (tertiary/aromatic N) is 1. The van der Waals surface area contributed by atoms with Crippen LogP contribution in [0.15, 0.2) is 54.0 Å². The molecule has 3 heteroatoms. The first-order chi connectivity index (χ1) is 7.92. The number of rotatable bonds is 2. The minimum atomic E-state index is 0.676. The first-order valence-electron chi connectivity index (χ1n) is 4.98. The fourth-order valence-corrected chi connectivity index (χ4v) is 2.10. The molecule has 0 N–H and O–H groups in total. The summed E-state index contributed by atoms with van der Waals surface area (Å²) in [5.41, 5.74) is 0. The number of hydrogen-bond donors (Lipinski definition) is 0. The van der Waals surface area contributed by atoms with Crippen molar-refractivity contribution in [1.29, 1.82) is 0 Å². The van der Waals surface area contributed by atoms with Crippen LogP contribution in [-0.4, -0.2) is 4.98 Å². The molecule has 2 aromatic carbocycles. The van der Waals surface area contributed by atoms with E-state index < -0.39 is 0 Å². The molecule has 0 saturated heterocycles. The van der Waals surface area contributed by atoms with Crippen LogP contribution in [0.3, 0.4) is 0 Å². The fourth-order valence-electron chi connectivity index (χ4n) is 1.59. The van der Waals surface area contributed by atoms with Crippen molar-refractivity contribution in [3.63, 3.8) is 0 Å². The van der Waals surface area contributed by atoms with Gasteiger partial charge in [0.05, 0.1) is 0 Å². The maximum absolute atomic E-state index is 5.63. The van der Waals surface area contributed by atoms with Crippen molar-refractivity contribution >= 4 is 22.1 Å². The minimum Gasteiger partial charge on any atom is -0.431 e. The van der Waals surface area contributed by atoms with Gasteiger partial charge in [-0.1, -0.05) is 41.7 Å². The highest BCUT2D eigenvalue weighted by molar-refractivity contribution is 7.11. The highest BCUT2D eigenvalue weighted by atomic mass is 32.1. The lowest BCUT2D eigenvalue weighted by atomic mass is 10.1. The molecule has 0 atom stereocenters. The molecule has 0 bridgehead atoms. The van der Waals surface area contributed by atoms with Crippen LogP contribution >= 0.6 is 11.3 Å². The van der Waals surface area contributed by atoms with Gasteiger partial charge in [0.15, 0.2) is 0 Å². The van der Waals surface area contributed by atoms with Gasteiger partial charge in [-0.25, -0.2) is 4.98 Å². The lowest BCUT2D eigenvalue weighted by Gasteiger charge is -2.03. The van der Waals surface area contributed by atoms with Gasteiger partial charge in [-0.15, -0.1) is 0 Å². The van der Waals surface area contributed by atoms with Crippen LogP contribution in [0.5, 0.6) is 10.9 Å². The molecule has 3 aromatic rings. The SMILES string of the molecule is c1ccc2cc(Oc3nccs3)ccc2c1. The Morgan fingerprint density at radius 1 is 1.00 bits per heavy atom. The van der Waals surface area contributed by atoms with Gasteiger partial charge in [-0.2, -0.15) is 0 Å². The summed E-state index contributed by atoms with van der Waals surface area (Å²) in [6, 6.07) is 14.3. The third-order valence-electron chi connectivity index (χ3n) is 2.34. The molecule has 0 saturated carbocycles. The topological polar surface area (TPSA) is 22.1 Å². The van der Waals surface area contributed by atoms with E-state index in [1.807, 2.05) is 29.6 Å². The first kappa shape index (κ1) is 9.36. The second kappa shape index (κ2) is 3.94. The van der Waals surface area contributed by atoms with Crippen LogP contribution in [0.1, 0.15) is 0 Å². The van der Waals surface area contributed by atoms with E-state index in [1.165, 1.54) is 22.1 Å². The summed E-state index contributed by atoms with van der Waals surface area (Å²) < 4.78 is 5.63. The zero-order valence-corrected chi connectivity index (χ0v) is 9.28. The van der Waals surface area contributed by atoms with Crippen LogP contribution in [0.4, 0.5) is 0 Å². The van der Waals surface area contributed by atoms with Gasteiger partial charge in [-0.05, 0) is 22.9 Å². The van der Waals surface area contributed by atoms with Crippen molar-refractivity contribution in [2.75, 3.05) is 0 Å². The second-order valence-corrected chi connectivity index (χ2v) is 4.27. The summed E-state index contributed by atoms with van der Waals surface area (Å²) in [7, 11) is 0. The second-order valence-electron chi connectivity index (χ2n) is 3.41. The summed E-state index contributed by atoms with van der Waals surface area (Å²) in [6.45, 7) is 0. The molecule has 3 rings (SSSR count).